The van der Waals surface area contributed by atoms with Gasteiger partial charge in [-0.2, -0.15) is 4.80 Å². The molecule has 0 radical (unpaired) electrons. The summed E-state index contributed by atoms with van der Waals surface area (Å²) in [5.74, 6) is 0.513. The molecule has 154 valence electrons. The van der Waals surface area contributed by atoms with Gasteiger partial charge in [0.15, 0.2) is 11.6 Å². The van der Waals surface area contributed by atoms with E-state index in [0.717, 1.165) is 43.6 Å². The van der Waals surface area contributed by atoms with Crippen molar-refractivity contribution < 1.29 is 13.5 Å². The van der Waals surface area contributed by atoms with Crippen LogP contribution in [0, 0.1) is 18.6 Å². The third kappa shape index (κ3) is 2.81. The fourth-order valence-electron chi connectivity index (χ4n) is 4.09. The number of hydrogen-bond acceptors (Lipinski definition) is 4. The fraction of sp³-hybridized carbons (Fsp3) is 0.136. The lowest BCUT2D eigenvalue weighted by Crippen LogP contribution is -2.11. The van der Waals surface area contributed by atoms with Gasteiger partial charge in [-0.1, -0.05) is 0 Å². The normalized spacial score (nSPS) is 12.0. The highest BCUT2D eigenvalue weighted by molar-refractivity contribution is 6.20. The van der Waals surface area contributed by atoms with Crippen LogP contribution in [-0.2, 0) is 6.54 Å². The molecule has 31 heavy (non-hydrogen) atoms. The Labute approximate surface area is 173 Å². The van der Waals surface area contributed by atoms with Crippen molar-refractivity contribution in [2.75, 3.05) is 6.61 Å². The van der Waals surface area contributed by atoms with E-state index in [2.05, 4.69) is 25.4 Å². The molecule has 0 aliphatic heterocycles. The van der Waals surface area contributed by atoms with Crippen molar-refractivity contribution in [3.05, 3.63) is 59.9 Å². The summed E-state index contributed by atoms with van der Waals surface area (Å²) >= 11 is 0. The van der Waals surface area contributed by atoms with Crippen molar-refractivity contribution >= 4 is 43.6 Å². The van der Waals surface area contributed by atoms with Gasteiger partial charge in [-0.15, -0.1) is 10.2 Å². The van der Waals surface area contributed by atoms with Gasteiger partial charge in [-0.3, -0.25) is 0 Å². The number of nitrogens with zero attached hydrogens (tertiary/aromatic N) is 4. The van der Waals surface area contributed by atoms with Crippen molar-refractivity contribution in [2.24, 2.45) is 0 Å². The van der Waals surface area contributed by atoms with E-state index >= 15 is 0 Å². The van der Waals surface area contributed by atoms with E-state index in [9.17, 15) is 8.78 Å². The molecule has 9 heteroatoms. The van der Waals surface area contributed by atoms with Crippen molar-refractivity contribution in [1.29, 1.82) is 0 Å². The third-order valence-electron chi connectivity index (χ3n) is 5.43. The number of benzene rings is 3. The molecule has 6 rings (SSSR count). The predicted octanol–water partition coefficient (Wildman–Crippen LogP) is 4.61. The molecule has 0 bridgehead atoms. The first-order valence-corrected chi connectivity index (χ1v) is 9.79. The molecule has 0 amide bonds. The van der Waals surface area contributed by atoms with Crippen LogP contribution in [0.25, 0.3) is 43.6 Å². The van der Waals surface area contributed by atoms with Crippen LogP contribution in [-0.4, -0.2) is 36.8 Å². The molecular weight excluding hydrogens is 402 g/mol. The molecule has 0 spiro atoms. The third-order valence-corrected chi connectivity index (χ3v) is 5.43. The lowest BCUT2D eigenvalue weighted by molar-refractivity contribution is 0.285. The predicted molar refractivity (Wildman–Crippen MR) is 113 cm³/mol. The quantitative estimate of drug-likeness (QED) is 0.438. The number of ether oxygens (including phenoxy) is 1. The zero-order valence-corrected chi connectivity index (χ0v) is 16.4. The molecule has 0 aliphatic rings. The highest BCUT2D eigenvalue weighted by Crippen LogP contribution is 2.41. The van der Waals surface area contributed by atoms with Gasteiger partial charge in [-0.25, -0.2) is 8.78 Å². The van der Waals surface area contributed by atoms with Crippen LogP contribution in [0.4, 0.5) is 8.78 Å². The lowest BCUT2D eigenvalue weighted by Gasteiger charge is -2.09. The molecule has 2 N–H and O–H groups in total. The van der Waals surface area contributed by atoms with E-state index in [1.165, 1.54) is 29.1 Å². The summed E-state index contributed by atoms with van der Waals surface area (Å²) in [5, 5.41) is 15.1. The Morgan fingerprint density at radius 3 is 2.03 bits per heavy atom. The smallest absolute Gasteiger partial charge is 0.171 e. The first-order valence-electron chi connectivity index (χ1n) is 9.79. The number of fused-ring (bicyclic) bond motifs is 6. The minimum atomic E-state index is -0.325. The minimum absolute atomic E-state index is 0.289. The van der Waals surface area contributed by atoms with Crippen LogP contribution in [0.2, 0.25) is 0 Å². The Bertz CT molecular complexity index is 1520. The van der Waals surface area contributed by atoms with Gasteiger partial charge in [0.25, 0.3) is 0 Å². The summed E-state index contributed by atoms with van der Waals surface area (Å²) < 4.78 is 34.1. The highest BCUT2D eigenvalue weighted by Gasteiger charge is 2.18. The molecule has 3 aromatic carbocycles. The summed E-state index contributed by atoms with van der Waals surface area (Å²) in [4.78, 5) is 8.14. The summed E-state index contributed by atoms with van der Waals surface area (Å²) in [6.07, 6.45) is 0. The van der Waals surface area contributed by atoms with E-state index < -0.39 is 0 Å². The Morgan fingerprint density at radius 2 is 1.48 bits per heavy atom. The summed E-state index contributed by atoms with van der Waals surface area (Å²) in [7, 11) is 0. The van der Waals surface area contributed by atoms with Crippen LogP contribution < -0.4 is 4.74 Å². The molecule has 0 saturated heterocycles. The number of halogens is 2. The summed E-state index contributed by atoms with van der Waals surface area (Å²) in [6.45, 7) is 2.46. The first-order chi connectivity index (χ1) is 15.1. The Morgan fingerprint density at radius 1 is 0.871 bits per heavy atom. The molecule has 7 nitrogen and oxygen atoms in total. The second-order valence-electron chi connectivity index (χ2n) is 7.46. The molecule has 0 fully saturated rings. The molecule has 3 aromatic heterocycles. The molecular formula is C22H16F2N6O. The summed E-state index contributed by atoms with van der Waals surface area (Å²) in [5.41, 5.74) is 3.06. The minimum Gasteiger partial charge on any atom is -0.487 e. The Kier molecular flexibility index (Phi) is 3.73. The van der Waals surface area contributed by atoms with E-state index in [-0.39, 0.29) is 18.2 Å². The lowest BCUT2D eigenvalue weighted by atomic mass is 10.1. The van der Waals surface area contributed by atoms with Gasteiger partial charge in [0.2, 0.25) is 0 Å². The maximum absolute atomic E-state index is 14.0. The van der Waals surface area contributed by atoms with Crippen molar-refractivity contribution in [3.63, 3.8) is 0 Å². The van der Waals surface area contributed by atoms with Crippen LogP contribution in [0.1, 0.15) is 5.82 Å². The van der Waals surface area contributed by atoms with Gasteiger partial charge < -0.3 is 14.7 Å². The zero-order valence-electron chi connectivity index (χ0n) is 16.4. The maximum atomic E-state index is 14.0. The van der Waals surface area contributed by atoms with E-state index in [1.54, 1.807) is 19.1 Å². The van der Waals surface area contributed by atoms with Crippen LogP contribution in [0.5, 0.6) is 5.75 Å². The average molecular weight is 418 g/mol. The molecule has 0 unspecified atom stereocenters. The van der Waals surface area contributed by atoms with Gasteiger partial charge >= 0.3 is 0 Å². The molecule has 0 saturated carbocycles. The van der Waals surface area contributed by atoms with E-state index in [4.69, 9.17) is 4.74 Å². The van der Waals surface area contributed by atoms with Gasteiger partial charge in [0, 0.05) is 32.6 Å². The van der Waals surface area contributed by atoms with Crippen LogP contribution in [0.15, 0.2) is 42.5 Å². The highest BCUT2D eigenvalue weighted by atomic mass is 19.1. The van der Waals surface area contributed by atoms with E-state index in [1.807, 2.05) is 6.07 Å². The number of aromatic nitrogens is 6. The standard InChI is InChI=1S/C22H16F2N6O/c1-11-27-29-30(28-11)6-7-31-22-20-16(14-8-12(23)2-4-18(14)25-20)10-17-15-9-13(24)3-5-19(15)26-21(17)22/h2-5,8-10,25-26H,6-7H2,1H3. The fourth-order valence-corrected chi connectivity index (χ4v) is 4.09. The zero-order chi connectivity index (χ0) is 21.1. The number of hydrogen-bond donors (Lipinski definition) is 2. The molecule has 0 atom stereocenters. The number of rotatable bonds is 4. The number of tetrazole rings is 1. The largest absolute Gasteiger partial charge is 0.487 e. The average Bonchev–Trinajstić information content (AvgIpc) is 3.43. The maximum Gasteiger partial charge on any atom is 0.171 e. The van der Waals surface area contributed by atoms with E-state index in [0.29, 0.717) is 18.1 Å². The monoisotopic (exact) mass is 418 g/mol. The van der Waals surface area contributed by atoms with Crippen molar-refractivity contribution in [2.45, 2.75) is 13.5 Å². The van der Waals surface area contributed by atoms with Crippen LogP contribution >= 0.6 is 0 Å². The summed E-state index contributed by atoms with van der Waals surface area (Å²) in [6, 6.07) is 11.1. The first kappa shape index (κ1) is 17.8. The van der Waals surface area contributed by atoms with Crippen LogP contribution in [0.3, 0.4) is 0 Å². The van der Waals surface area contributed by atoms with Crippen molar-refractivity contribution in [3.8, 4) is 5.75 Å². The van der Waals surface area contributed by atoms with Gasteiger partial charge in [0.1, 0.15) is 18.2 Å². The molecule has 0 aliphatic carbocycles. The Balaban J connectivity index is 1.58. The molecule has 3 heterocycles. The second-order valence-corrected chi connectivity index (χ2v) is 7.46. The number of aromatic amines is 2. The van der Waals surface area contributed by atoms with Gasteiger partial charge in [-0.05, 0) is 54.6 Å². The Hall–Kier alpha value is -4.01. The topological polar surface area (TPSA) is 84.4 Å². The van der Waals surface area contributed by atoms with Gasteiger partial charge in [0.05, 0.1) is 17.6 Å². The SMILES string of the molecule is Cc1nnn(CCOc2c3[nH]c4ccc(F)cc4c3cc3c2[nH]c2ccc(F)cc23)n1. The molecule has 6 aromatic rings. The number of nitrogens with one attached hydrogen (secondary N) is 2. The number of H-pyrrole nitrogens is 2. The second kappa shape index (κ2) is 6.49. The van der Waals surface area contributed by atoms with Crippen molar-refractivity contribution in [1.82, 2.24) is 30.2 Å². The number of aryl methyl sites for hydroxylation is 1.